The van der Waals surface area contributed by atoms with Crippen molar-refractivity contribution >= 4 is 5.97 Å². The first-order valence-corrected chi connectivity index (χ1v) is 6.90. The number of rotatable bonds is 8. The summed E-state index contributed by atoms with van der Waals surface area (Å²) in [5.41, 5.74) is 0.431. The number of nitrogens with zero attached hydrogens (tertiary/aromatic N) is 1. The topological polar surface area (TPSA) is 60.8 Å². The summed E-state index contributed by atoms with van der Waals surface area (Å²) < 4.78 is 13.8. The third-order valence-electron chi connectivity index (χ3n) is 3.51. The van der Waals surface area contributed by atoms with Crippen LogP contribution in [-0.2, 0) is 6.54 Å². The highest BCUT2D eigenvalue weighted by molar-refractivity contribution is 5.87. The van der Waals surface area contributed by atoms with Crippen LogP contribution in [0.15, 0.2) is 18.2 Å². The monoisotopic (exact) mass is 283 g/mol. The Kier molecular flexibility index (Phi) is 6.61. The van der Waals surface area contributed by atoms with Gasteiger partial charge in [-0.25, -0.2) is 9.18 Å². The number of carboxylic acid groups (broad SMARTS) is 1. The van der Waals surface area contributed by atoms with Gasteiger partial charge in [0.25, 0.3) is 0 Å². The van der Waals surface area contributed by atoms with Gasteiger partial charge in [-0.15, -0.1) is 0 Å². The van der Waals surface area contributed by atoms with Crippen molar-refractivity contribution in [2.45, 2.75) is 39.3 Å². The zero-order valence-electron chi connectivity index (χ0n) is 12.0. The van der Waals surface area contributed by atoms with Crippen LogP contribution in [0.5, 0.6) is 0 Å². The van der Waals surface area contributed by atoms with Gasteiger partial charge in [0.05, 0.1) is 12.2 Å². The molecule has 0 atom stereocenters. The molecule has 0 amide bonds. The van der Waals surface area contributed by atoms with Crippen LogP contribution in [0.2, 0.25) is 0 Å². The van der Waals surface area contributed by atoms with Crippen molar-refractivity contribution in [3.8, 4) is 0 Å². The predicted molar refractivity (Wildman–Crippen MR) is 75.2 cm³/mol. The fourth-order valence-electron chi connectivity index (χ4n) is 2.37. The fourth-order valence-corrected chi connectivity index (χ4v) is 2.37. The second-order valence-corrected chi connectivity index (χ2v) is 4.78. The number of benzene rings is 1. The number of hydrogen-bond acceptors (Lipinski definition) is 3. The number of carboxylic acids is 1. The van der Waals surface area contributed by atoms with Crippen LogP contribution < -0.4 is 0 Å². The summed E-state index contributed by atoms with van der Waals surface area (Å²) in [4.78, 5) is 12.9. The molecule has 1 rings (SSSR count). The zero-order chi connectivity index (χ0) is 15.1. The quantitative estimate of drug-likeness (QED) is 0.769. The highest BCUT2D eigenvalue weighted by Gasteiger charge is 2.17. The lowest BCUT2D eigenvalue weighted by Gasteiger charge is -2.30. The minimum absolute atomic E-state index is 0.00323. The second-order valence-electron chi connectivity index (χ2n) is 4.78. The third-order valence-corrected chi connectivity index (χ3v) is 3.51. The van der Waals surface area contributed by atoms with Crippen LogP contribution in [0, 0.1) is 5.82 Å². The molecule has 0 saturated heterocycles. The Labute approximate surface area is 118 Å². The van der Waals surface area contributed by atoms with Crippen LogP contribution in [-0.4, -0.2) is 40.3 Å². The van der Waals surface area contributed by atoms with E-state index in [-0.39, 0.29) is 18.2 Å². The van der Waals surface area contributed by atoms with E-state index in [2.05, 4.69) is 0 Å². The smallest absolute Gasteiger partial charge is 0.335 e. The van der Waals surface area contributed by atoms with Gasteiger partial charge < -0.3 is 10.2 Å². The van der Waals surface area contributed by atoms with Gasteiger partial charge in [0, 0.05) is 24.7 Å². The van der Waals surface area contributed by atoms with Gasteiger partial charge in [-0.2, -0.15) is 0 Å². The van der Waals surface area contributed by atoms with Crippen LogP contribution >= 0.6 is 0 Å². The Bertz CT molecular complexity index is 447. The van der Waals surface area contributed by atoms with Crippen LogP contribution in [0.3, 0.4) is 0 Å². The Morgan fingerprint density at radius 1 is 1.35 bits per heavy atom. The molecule has 0 aliphatic heterocycles. The van der Waals surface area contributed by atoms with E-state index in [1.165, 1.54) is 18.2 Å². The van der Waals surface area contributed by atoms with Gasteiger partial charge in [0.1, 0.15) is 5.82 Å². The van der Waals surface area contributed by atoms with Crippen LogP contribution in [0.4, 0.5) is 4.39 Å². The van der Waals surface area contributed by atoms with Gasteiger partial charge in [0.15, 0.2) is 0 Å². The molecule has 5 heteroatoms. The van der Waals surface area contributed by atoms with E-state index in [0.717, 1.165) is 12.8 Å². The van der Waals surface area contributed by atoms with Crippen molar-refractivity contribution < 1.29 is 19.4 Å². The van der Waals surface area contributed by atoms with Crippen molar-refractivity contribution in [3.63, 3.8) is 0 Å². The maximum absolute atomic E-state index is 13.8. The minimum Gasteiger partial charge on any atom is -0.478 e. The molecule has 0 unspecified atom stereocenters. The maximum Gasteiger partial charge on any atom is 0.335 e. The average molecular weight is 283 g/mol. The minimum atomic E-state index is -1.07. The summed E-state index contributed by atoms with van der Waals surface area (Å²) in [6.07, 6.45) is 1.80. The van der Waals surface area contributed by atoms with Crippen LogP contribution in [0.1, 0.15) is 42.6 Å². The molecule has 0 aliphatic carbocycles. The first kappa shape index (κ1) is 16.6. The zero-order valence-corrected chi connectivity index (χ0v) is 12.0. The molecule has 1 aromatic rings. The van der Waals surface area contributed by atoms with Crippen molar-refractivity contribution in [1.29, 1.82) is 0 Å². The largest absolute Gasteiger partial charge is 0.478 e. The van der Waals surface area contributed by atoms with Gasteiger partial charge in [-0.1, -0.05) is 13.8 Å². The number of hydrogen-bond donors (Lipinski definition) is 2. The Hall–Kier alpha value is -1.46. The molecule has 0 heterocycles. The fraction of sp³-hybridized carbons (Fsp3) is 0.533. The Morgan fingerprint density at radius 2 is 2.00 bits per heavy atom. The van der Waals surface area contributed by atoms with E-state index in [0.29, 0.717) is 18.7 Å². The third kappa shape index (κ3) is 4.28. The standard InChI is InChI=1S/C15H22FNO3/c1-3-13(4-2)17(7-8-18)10-12-9-11(15(19)20)5-6-14(12)16/h5-6,9,13,18H,3-4,7-8,10H2,1-2H3,(H,19,20). The SMILES string of the molecule is CCC(CC)N(CCO)Cc1cc(C(=O)O)ccc1F. The lowest BCUT2D eigenvalue weighted by Crippen LogP contribution is -2.36. The number of carbonyl (C=O) groups is 1. The summed E-state index contributed by atoms with van der Waals surface area (Å²) in [6, 6.07) is 4.05. The molecule has 0 bridgehead atoms. The summed E-state index contributed by atoms with van der Waals surface area (Å²) in [5.74, 6) is -1.48. The number of aromatic carboxylic acids is 1. The van der Waals surface area contributed by atoms with Gasteiger partial charge in [0.2, 0.25) is 0 Å². The molecular formula is C15H22FNO3. The molecule has 0 fully saturated rings. The molecule has 0 saturated carbocycles. The molecule has 0 radical (unpaired) electrons. The van der Waals surface area contributed by atoms with Gasteiger partial charge >= 0.3 is 5.97 Å². The number of aliphatic hydroxyl groups is 1. The molecule has 0 aliphatic rings. The molecule has 112 valence electrons. The second kappa shape index (κ2) is 7.97. The molecule has 0 aromatic heterocycles. The Morgan fingerprint density at radius 3 is 2.50 bits per heavy atom. The van der Waals surface area contributed by atoms with E-state index < -0.39 is 11.8 Å². The summed E-state index contributed by atoms with van der Waals surface area (Å²) in [5, 5.41) is 18.1. The van der Waals surface area contributed by atoms with Gasteiger partial charge in [-0.05, 0) is 31.0 Å². The Balaban J connectivity index is 2.97. The molecule has 20 heavy (non-hydrogen) atoms. The van der Waals surface area contributed by atoms with Crippen molar-refractivity contribution in [2.75, 3.05) is 13.2 Å². The van der Waals surface area contributed by atoms with E-state index in [1.807, 2.05) is 18.7 Å². The lowest BCUT2D eigenvalue weighted by atomic mass is 10.1. The maximum atomic E-state index is 13.8. The number of aliphatic hydroxyl groups excluding tert-OH is 1. The number of halogens is 1. The molecule has 0 spiro atoms. The van der Waals surface area contributed by atoms with E-state index >= 15 is 0 Å². The van der Waals surface area contributed by atoms with E-state index in [4.69, 9.17) is 10.2 Å². The molecule has 2 N–H and O–H groups in total. The predicted octanol–water partition coefficient (Wildman–Crippen LogP) is 2.51. The normalized spacial score (nSPS) is 11.3. The van der Waals surface area contributed by atoms with E-state index in [9.17, 15) is 9.18 Å². The van der Waals surface area contributed by atoms with E-state index in [1.54, 1.807) is 0 Å². The highest BCUT2D eigenvalue weighted by Crippen LogP contribution is 2.17. The average Bonchev–Trinajstić information content (AvgIpc) is 2.42. The van der Waals surface area contributed by atoms with Crippen molar-refractivity contribution in [2.24, 2.45) is 0 Å². The summed E-state index contributed by atoms with van der Waals surface area (Å²) >= 11 is 0. The molecular weight excluding hydrogens is 261 g/mol. The van der Waals surface area contributed by atoms with Crippen molar-refractivity contribution in [1.82, 2.24) is 4.90 Å². The molecule has 1 aromatic carbocycles. The first-order valence-electron chi connectivity index (χ1n) is 6.90. The highest BCUT2D eigenvalue weighted by atomic mass is 19.1. The summed E-state index contributed by atoms with van der Waals surface area (Å²) in [7, 11) is 0. The summed E-state index contributed by atoms with van der Waals surface area (Å²) in [6.45, 7) is 4.84. The van der Waals surface area contributed by atoms with Gasteiger partial charge in [-0.3, -0.25) is 4.90 Å². The first-order chi connectivity index (χ1) is 9.53. The van der Waals surface area contributed by atoms with Crippen molar-refractivity contribution in [3.05, 3.63) is 35.1 Å². The van der Waals surface area contributed by atoms with Crippen LogP contribution in [0.25, 0.3) is 0 Å². The lowest BCUT2D eigenvalue weighted by molar-refractivity contribution is 0.0696. The molecule has 4 nitrogen and oxygen atoms in total.